The third kappa shape index (κ3) is 8.78. The first-order chi connectivity index (χ1) is 16.0. The summed E-state index contributed by atoms with van der Waals surface area (Å²) in [5.74, 6) is -1.85. The van der Waals surface area contributed by atoms with Crippen molar-refractivity contribution in [3.63, 3.8) is 0 Å². The van der Waals surface area contributed by atoms with Gasteiger partial charge in [-0.2, -0.15) is 8.42 Å². The number of carbonyl (C=O) groups is 2. The van der Waals surface area contributed by atoms with Crippen LogP contribution in [0.25, 0.3) is 0 Å². The Morgan fingerprint density at radius 2 is 1.38 bits per heavy atom. The summed E-state index contributed by atoms with van der Waals surface area (Å²) in [6.45, 7) is 1.94. The van der Waals surface area contributed by atoms with Crippen LogP contribution >= 0.6 is 0 Å². The highest BCUT2D eigenvalue weighted by Crippen LogP contribution is 2.17. The molecule has 0 saturated heterocycles. The first kappa shape index (κ1) is 26.7. The number of carboxylic acids is 1. The average molecular weight is 486 g/mol. The highest BCUT2D eigenvalue weighted by atomic mass is 32.2. The van der Waals surface area contributed by atoms with Crippen molar-refractivity contribution in [3.05, 3.63) is 102 Å². The van der Waals surface area contributed by atoms with Gasteiger partial charge >= 0.3 is 11.9 Å². The van der Waals surface area contributed by atoms with Gasteiger partial charge < -0.3 is 15.6 Å². The first-order valence-electron chi connectivity index (χ1n) is 10.3. The molecule has 0 radical (unpaired) electrons. The van der Waals surface area contributed by atoms with Gasteiger partial charge in [-0.25, -0.2) is 0 Å². The molecule has 0 aliphatic carbocycles. The molecule has 3 aromatic rings. The Kier molecular flexibility index (Phi) is 9.49. The molecule has 0 aliphatic heterocycles. The van der Waals surface area contributed by atoms with Gasteiger partial charge in [-0.1, -0.05) is 78.4 Å². The van der Waals surface area contributed by atoms with E-state index in [1.54, 1.807) is 36.4 Å². The maximum atomic E-state index is 12.0. The van der Waals surface area contributed by atoms with Gasteiger partial charge in [0.2, 0.25) is 0 Å². The summed E-state index contributed by atoms with van der Waals surface area (Å²) >= 11 is 0. The fraction of sp³-hybridized carbons (Fsp3) is 0.200. The van der Waals surface area contributed by atoms with E-state index in [1.807, 2.05) is 43.3 Å². The number of nitrogens with two attached hydrogens (primary N) is 1. The Balaban J connectivity index is 0.000000310. The van der Waals surface area contributed by atoms with Gasteiger partial charge in [0.1, 0.15) is 12.1 Å². The minimum absolute atomic E-state index is 0.0591. The molecule has 3 rings (SSSR count). The van der Waals surface area contributed by atoms with E-state index < -0.39 is 27.6 Å². The van der Waals surface area contributed by atoms with Gasteiger partial charge in [0, 0.05) is 6.42 Å². The fourth-order valence-electron chi connectivity index (χ4n) is 2.93. The lowest BCUT2D eigenvalue weighted by atomic mass is 9.88. The largest absolute Gasteiger partial charge is 0.480 e. The molecule has 1 atom stereocenters. The lowest BCUT2D eigenvalue weighted by Crippen LogP contribution is -2.51. The summed E-state index contributed by atoms with van der Waals surface area (Å²) in [6, 6.07) is 24.1. The van der Waals surface area contributed by atoms with Crippen molar-refractivity contribution in [3.8, 4) is 0 Å². The molecule has 0 aromatic heterocycles. The highest BCUT2D eigenvalue weighted by Gasteiger charge is 2.37. The van der Waals surface area contributed by atoms with E-state index >= 15 is 0 Å². The summed E-state index contributed by atoms with van der Waals surface area (Å²) in [5.41, 5.74) is 6.81. The van der Waals surface area contributed by atoms with Gasteiger partial charge in [-0.05, 0) is 30.2 Å². The van der Waals surface area contributed by atoms with Crippen LogP contribution in [0.3, 0.4) is 0 Å². The van der Waals surface area contributed by atoms with Crippen LogP contribution in [0.4, 0.5) is 0 Å². The first-order valence-corrected chi connectivity index (χ1v) is 11.7. The van der Waals surface area contributed by atoms with E-state index in [9.17, 15) is 23.1 Å². The van der Waals surface area contributed by atoms with Crippen molar-refractivity contribution in [2.45, 2.75) is 36.8 Å². The number of aliphatic carboxylic acids is 1. The second kappa shape index (κ2) is 12.1. The van der Waals surface area contributed by atoms with Crippen molar-refractivity contribution in [2.75, 3.05) is 0 Å². The third-order valence-corrected chi connectivity index (χ3v) is 5.68. The minimum atomic E-state index is -4.02. The smallest absolute Gasteiger partial charge is 0.324 e. The average Bonchev–Trinajstić information content (AvgIpc) is 2.79. The predicted octanol–water partition coefficient (Wildman–Crippen LogP) is 3.39. The lowest BCUT2D eigenvalue weighted by molar-refractivity contribution is -0.153. The number of carbonyl (C=O) groups excluding carboxylic acids is 1. The van der Waals surface area contributed by atoms with Crippen LogP contribution in [0.1, 0.15) is 23.1 Å². The Morgan fingerprint density at radius 3 is 1.85 bits per heavy atom. The second-order valence-corrected chi connectivity index (χ2v) is 9.16. The number of carboxylic acid groups (broad SMARTS) is 1. The SMILES string of the molecule is Cc1ccc(S(=O)(=O)O)cc1.N[C@@](CC(=O)OCc1ccccc1)(Cc1ccccc1)C(=O)O. The molecular weight excluding hydrogens is 458 g/mol. The molecule has 0 aliphatic rings. The molecule has 4 N–H and O–H groups in total. The molecule has 0 spiro atoms. The van der Waals surface area contributed by atoms with Crippen LogP contribution in [-0.2, 0) is 37.5 Å². The summed E-state index contributed by atoms with van der Waals surface area (Å²) in [7, 11) is -4.02. The van der Waals surface area contributed by atoms with Crippen molar-refractivity contribution >= 4 is 22.1 Å². The molecule has 0 saturated carbocycles. The van der Waals surface area contributed by atoms with Gasteiger partial charge in [-0.3, -0.25) is 14.1 Å². The Morgan fingerprint density at radius 1 is 0.882 bits per heavy atom. The molecular formula is C25H27NO7S. The molecule has 0 heterocycles. The summed E-state index contributed by atoms with van der Waals surface area (Å²) < 4.78 is 34.7. The van der Waals surface area contributed by atoms with Crippen LogP contribution in [0.15, 0.2) is 89.8 Å². The molecule has 0 amide bonds. The Bertz CT molecular complexity index is 1180. The van der Waals surface area contributed by atoms with Gasteiger partial charge in [0.05, 0.1) is 11.3 Å². The maximum absolute atomic E-state index is 12.0. The van der Waals surface area contributed by atoms with Crippen LogP contribution in [0, 0.1) is 6.92 Å². The van der Waals surface area contributed by atoms with E-state index in [-0.39, 0.29) is 24.3 Å². The van der Waals surface area contributed by atoms with Gasteiger partial charge in [-0.15, -0.1) is 0 Å². The molecule has 180 valence electrons. The van der Waals surface area contributed by atoms with E-state index in [0.29, 0.717) is 0 Å². The number of benzene rings is 3. The van der Waals surface area contributed by atoms with E-state index in [2.05, 4.69) is 0 Å². The molecule has 9 heteroatoms. The Labute approximate surface area is 198 Å². The van der Waals surface area contributed by atoms with Crippen LogP contribution < -0.4 is 5.73 Å². The number of ether oxygens (including phenoxy) is 1. The summed E-state index contributed by atoms with van der Waals surface area (Å²) in [5, 5.41) is 9.40. The zero-order valence-corrected chi connectivity index (χ0v) is 19.4. The molecule has 0 bridgehead atoms. The zero-order chi connectivity index (χ0) is 25.2. The second-order valence-electron chi connectivity index (χ2n) is 7.73. The number of hydrogen-bond acceptors (Lipinski definition) is 6. The standard InChI is InChI=1S/C18H19NO4.C7H8O3S/c19-18(17(21)22,11-14-7-3-1-4-8-14)12-16(20)23-13-15-9-5-2-6-10-15;1-6-2-4-7(5-3-6)11(8,9)10/h1-10H,11-13,19H2,(H,21,22);2-5H,1H3,(H,8,9,10)/t18-;/m1./s1. The predicted molar refractivity (Wildman–Crippen MR) is 127 cm³/mol. The van der Waals surface area contributed by atoms with Crippen molar-refractivity contribution in [2.24, 2.45) is 5.73 Å². The van der Waals surface area contributed by atoms with E-state index in [0.717, 1.165) is 16.7 Å². The molecule has 3 aromatic carbocycles. The molecule has 34 heavy (non-hydrogen) atoms. The molecule has 0 unspecified atom stereocenters. The number of esters is 1. The Hall–Kier alpha value is -3.53. The van der Waals surface area contributed by atoms with Crippen molar-refractivity contribution in [1.29, 1.82) is 0 Å². The van der Waals surface area contributed by atoms with Crippen LogP contribution in [-0.4, -0.2) is 35.6 Å². The fourth-order valence-corrected chi connectivity index (χ4v) is 3.41. The van der Waals surface area contributed by atoms with Crippen molar-refractivity contribution in [1.82, 2.24) is 0 Å². The monoisotopic (exact) mass is 485 g/mol. The van der Waals surface area contributed by atoms with Gasteiger partial charge in [0.15, 0.2) is 0 Å². The minimum Gasteiger partial charge on any atom is -0.480 e. The van der Waals surface area contributed by atoms with Crippen LogP contribution in [0.5, 0.6) is 0 Å². The number of hydrogen-bond donors (Lipinski definition) is 3. The number of aryl methyl sites for hydroxylation is 1. The molecule has 0 fully saturated rings. The normalized spacial score (nSPS) is 12.6. The van der Waals surface area contributed by atoms with Gasteiger partial charge in [0.25, 0.3) is 10.1 Å². The summed E-state index contributed by atoms with van der Waals surface area (Å²) in [6.07, 6.45) is -0.326. The topological polar surface area (TPSA) is 144 Å². The number of rotatable bonds is 8. The maximum Gasteiger partial charge on any atom is 0.324 e. The van der Waals surface area contributed by atoms with Crippen molar-refractivity contribution < 1.29 is 32.4 Å². The lowest BCUT2D eigenvalue weighted by Gasteiger charge is -2.23. The quantitative estimate of drug-likeness (QED) is 0.325. The zero-order valence-electron chi connectivity index (χ0n) is 18.6. The van der Waals surface area contributed by atoms with Crippen LogP contribution in [0.2, 0.25) is 0 Å². The third-order valence-electron chi connectivity index (χ3n) is 4.81. The van der Waals surface area contributed by atoms with E-state index in [1.165, 1.54) is 12.1 Å². The highest BCUT2D eigenvalue weighted by molar-refractivity contribution is 7.85. The molecule has 8 nitrogen and oxygen atoms in total. The van der Waals surface area contributed by atoms with E-state index in [4.69, 9.17) is 15.0 Å². The summed E-state index contributed by atoms with van der Waals surface area (Å²) in [4.78, 5) is 23.4.